The summed E-state index contributed by atoms with van der Waals surface area (Å²) in [6, 6.07) is 2.19. The van der Waals surface area contributed by atoms with Crippen LogP contribution in [0.5, 0.6) is 0 Å². The highest BCUT2D eigenvalue weighted by Gasteiger charge is 2.11. The minimum atomic E-state index is 0.868. The lowest BCUT2D eigenvalue weighted by atomic mass is 10.3. The van der Waals surface area contributed by atoms with E-state index in [2.05, 4.69) is 28.2 Å². The number of rotatable bonds is 2. The predicted octanol–water partition coefficient (Wildman–Crippen LogP) is 2.98. The van der Waals surface area contributed by atoms with Crippen molar-refractivity contribution in [1.29, 1.82) is 0 Å². The van der Waals surface area contributed by atoms with Gasteiger partial charge in [0.25, 0.3) is 0 Å². The topological polar surface area (TPSA) is 12.5 Å². The molecule has 0 spiro atoms. The molecule has 1 aliphatic heterocycles. The molecule has 0 aromatic carbocycles. The van der Waals surface area contributed by atoms with E-state index in [1.165, 1.54) is 4.88 Å². The third-order valence-corrected chi connectivity index (χ3v) is 3.33. The molecule has 1 aromatic rings. The van der Waals surface area contributed by atoms with Gasteiger partial charge in [-0.2, -0.15) is 0 Å². The zero-order chi connectivity index (χ0) is 12.5. The van der Waals surface area contributed by atoms with Gasteiger partial charge in [0.15, 0.2) is 0 Å². The van der Waals surface area contributed by atoms with E-state index in [-0.39, 0.29) is 0 Å². The monoisotopic (exact) mass is 251 g/mol. The molecule has 1 aliphatic rings. The predicted molar refractivity (Wildman–Crippen MR) is 74.3 cm³/mol. The number of ether oxygens (including phenoxy) is 1. The third-order valence-electron chi connectivity index (χ3n) is 2.41. The van der Waals surface area contributed by atoms with E-state index in [9.17, 15) is 0 Å². The van der Waals surface area contributed by atoms with Gasteiger partial charge in [0, 0.05) is 35.5 Å². The molecule has 2 rings (SSSR count). The molecule has 0 amide bonds. The van der Waals surface area contributed by atoms with E-state index in [4.69, 9.17) is 4.74 Å². The molecule has 1 fully saturated rings. The average molecular weight is 251 g/mol. The van der Waals surface area contributed by atoms with E-state index in [1.54, 1.807) is 11.3 Å². The van der Waals surface area contributed by atoms with Gasteiger partial charge in [-0.25, -0.2) is 0 Å². The minimum absolute atomic E-state index is 0.868. The first kappa shape index (κ1) is 14.2. The Bertz CT molecular complexity index is 369. The molecule has 0 radical (unpaired) electrons. The lowest BCUT2D eigenvalue weighted by Gasteiger charge is -2.25. The summed E-state index contributed by atoms with van der Waals surface area (Å²) in [6.45, 7) is 10.7. The van der Waals surface area contributed by atoms with Crippen LogP contribution in [0.15, 0.2) is 11.4 Å². The van der Waals surface area contributed by atoms with Crippen molar-refractivity contribution in [3.05, 3.63) is 21.9 Å². The lowest BCUT2D eigenvalue weighted by molar-refractivity contribution is 0.0346. The number of morpholine rings is 1. The van der Waals surface area contributed by atoms with Gasteiger partial charge in [-0.1, -0.05) is 19.8 Å². The summed E-state index contributed by atoms with van der Waals surface area (Å²) in [4.78, 5) is 3.83. The Hall–Kier alpha value is -0.820. The van der Waals surface area contributed by atoms with Gasteiger partial charge in [0.2, 0.25) is 0 Å². The van der Waals surface area contributed by atoms with Crippen LogP contribution in [0.2, 0.25) is 0 Å². The van der Waals surface area contributed by atoms with Crippen LogP contribution in [0.3, 0.4) is 0 Å². The highest BCUT2D eigenvalue weighted by molar-refractivity contribution is 7.10. The Balaban J connectivity index is 0.000000686. The fourth-order valence-corrected chi connectivity index (χ4v) is 2.51. The smallest absolute Gasteiger partial charge is 0.0594 e. The maximum absolute atomic E-state index is 5.32. The van der Waals surface area contributed by atoms with Gasteiger partial charge in [-0.05, 0) is 13.0 Å². The van der Waals surface area contributed by atoms with Crippen LogP contribution in [0.4, 0.5) is 0 Å². The molecule has 0 saturated carbocycles. The fourth-order valence-electron chi connectivity index (χ4n) is 1.65. The van der Waals surface area contributed by atoms with Crippen LogP contribution < -0.4 is 0 Å². The molecule has 0 N–H and O–H groups in total. The standard InChI is InChI=1S/C12H15NOS.C2H6/c1-2-3-11-8-12(15-10-11)9-13-4-6-14-7-5-13;1-2/h8,10H,4-7,9H2,1H3;1-2H3. The van der Waals surface area contributed by atoms with E-state index >= 15 is 0 Å². The van der Waals surface area contributed by atoms with Crippen molar-refractivity contribution < 1.29 is 4.74 Å². The number of hydrogen-bond donors (Lipinski definition) is 0. The van der Waals surface area contributed by atoms with Crippen LogP contribution >= 0.6 is 11.3 Å². The Kier molecular flexibility index (Phi) is 6.95. The molecule has 94 valence electrons. The van der Waals surface area contributed by atoms with Crippen molar-refractivity contribution in [2.24, 2.45) is 0 Å². The van der Waals surface area contributed by atoms with E-state index in [0.29, 0.717) is 0 Å². The van der Waals surface area contributed by atoms with Gasteiger partial charge < -0.3 is 4.74 Å². The largest absolute Gasteiger partial charge is 0.379 e. The molecule has 1 aromatic heterocycles. The summed E-state index contributed by atoms with van der Waals surface area (Å²) in [5.41, 5.74) is 1.14. The van der Waals surface area contributed by atoms with Crippen molar-refractivity contribution in [3.8, 4) is 11.8 Å². The number of thiophene rings is 1. The number of hydrogen-bond acceptors (Lipinski definition) is 3. The van der Waals surface area contributed by atoms with E-state index in [1.807, 2.05) is 20.8 Å². The number of nitrogens with zero attached hydrogens (tertiary/aromatic N) is 1. The highest BCUT2D eigenvalue weighted by Crippen LogP contribution is 2.16. The fraction of sp³-hybridized carbons (Fsp3) is 0.571. The maximum atomic E-state index is 5.32. The Morgan fingerprint density at radius 2 is 2.06 bits per heavy atom. The van der Waals surface area contributed by atoms with Gasteiger partial charge in [-0.15, -0.1) is 17.3 Å². The summed E-state index contributed by atoms with van der Waals surface area (Å²) in [5.74, 6) is 6.01. The average Bonchev–Trinajstić information content (AvgIpc) is 2.81. The molecular weight excluding hydrogens is 230 g/mol. The first-order valence-corrected chi connectivity index (χ1v) is 7.07. The molecular formula is C14H21NOS. The second kappa shape index (κ2) is 8.30. The van der Waals surface area contributed by atoms with Crippen LogP contribution in [-0.2, 0) is 11.3 Å². The summed E-state index contributed by atoms with van der Waals surface area (Å²) >= 11 is 1.80. The van der Waals surface area contributed by atoms with Crippen LogP contribution in [-0.4, -0.2) is 31.2 Å². The zero-order valence-corrected chi connectivity index (χ0v) is 11.8. The molecule has 2 nitrogen and oxygen atoms in total. The van der Waals surface area contributed by atoms with Crippen LogP contribution in [0.1, 0.15) is 31.2 Å². The van der Waals surface area contributed by atoms with Gasteiger partial charge in [0.05, 0.1) is 13.2 Å². The minimum Gasteiger partial charge on any atom is -0.379 e. The quantitative estimate of drug-likeness (QED) is 0.749. The van der Waals surface area contributed by atoms with Crippen molar-refractivity contribution in [2.75, 3.05) is 26.3 Å². The lowest BCUT2D eigenvalue weighted by Crippen LogP contribution is -2.35. The highest BCUT2D eigenvalue weighted by atomic mass is 32.1. The van der Waals surface area contributed by atoms with Gasteiger partial charge in [0.1, 0.15) is 0 Å². The molecule has 3 heteroatoms. The Morgan fingerprint density at radius 1 is 1.35 bits per heavy atom. The second-order valence-electron chi connectivity index (χ2n) is 3.57. The van der Waals surface area contributed by atoms with Gasteiger partial charge >= 0.3 is 0 Å². The normalized spacial score (nSPS) is 15.5. The summed E-state index contributed by atoms with van der Waals surface area (Å²) in [7, 11) is 0. The maximum Gasteiger partial charge on any atom is 0.0594 e. The van der Waals surface area contributed by atoms with Crippen LogP contribution in [0, 0.1) is 11.8 Å². The molecule has 0 unspecified atom stereocenters. The Labute approximate surface area is 109 Å². The van der Waals surface area contributed by atoms with Crippen molar-refractivity contribution >= 4 is 11.3 Å². The van der Waals surface area contributed by atoms with E-state index in [0.717, 1.165) is 38.4 Å². The third kappa shape index (κ3) is 4.91. The van der Waals surface area contributed by atoms with Gasteiger partial charge in [-0.3, -0.25) is 4.90 Å². The van der Waals surface area contributed by atoms with E-state index < -0.39 is 0 Å². The summed E-state index contributed by atoms with van der Waals surface area (Å²) in [5, 5.41) is 2.13. The van der Waals surface area contributed by atoms with Crippen molar-refractivity contribution in [1.82, 2.24) is 4.90 Å². The first-order chi connectivity index (χ1) is 8.38. The molecule has 0 bridgehead atoms. The molecule has 17 heavy (non-hydrogen) atoms. The van der Waals surface area contributed by atoms with Crippen LogP contribution in [0.25, 0.3) is 0 Å². The van der Waals surface area contributed by atoms with Crippen molar-refractivity contribution in [3.63, 3.8) is 0 Å². The zero-order valence-electron chi connectivity index (χ0n) is 11.0. The summed E-state index contributed by atoms with van der Waals surface area (Å²) < 4.78 is 5.32. The summed E-state index contributed by atoms with van der Waals surface area (Å²) in [6.07, 6.45) is 0. The molecule has 1 saturated heterocycles. The second-order valence-corrected chi connectivity index (χ2v) is 4.56. The SMILES string of the molecule is CC.CC#Cc1csc(CN2CCOCC2)c1. The first-order valence-electron chi connectivity index (χ1n) is 6.19. The molecule has 0 atom stereocenters. The molecule has 2 heterocycles. The molecule has 0 aliphatic carbocycles. The Morgan fingerprint density at radius 3 is 2.71 bits per heavy atom. The van der Waals surface area contributed by atoms with Crippen molar-refractivity contribution in [2.45, 2.75) is 27.3 Å².